The number of benzene rings is 1. The number of aromatic nitrogens is 1. The van der Waals surface area contributed by atoms with Crippen LogP contribution in [0.4, 0.5) is 11.4 Å². The van der Waals surface area contributed by atoms with Gasteiger partial charge in [-0.2, -0.15) is 0 Å². The molecule has 1 amide bonds. The Bertz CT molecular complexity index is 579. The summed E-state index contributed by atoms with van der Waals surface area (Å²) in [5, 5.41) is 8.04. The van der Waals surface area contributed by atoms with Gasteiger partial charge in [-0.1, -0.05) is 12.1 Å². The van der Waals surface area contributed by atoms with Crippen molar-refractivity contribution in [2.24, 2.45) is 0 Å². The summed E-state index contributed by atoms with van der Waals surface area (Å²) in [5.41, 5.74) is 4.03. The molecule has 2 heterocycles. The summed E-state index contributed by atoms with van der Waals surface area (Å²) in [6, 6.07) is 7.90. The molecule has 104 valence electrons. The number of nitrogens with zero attached hydrogens (tertiary/aromatic N) is 2. The van der Waals surface area contributed by atoms with Gasteiger partial charge < -0.3 is 15.5 Å². The second kappa shape index (κ2) is 6.02. The Balaban J connectivity index is 1.80. The molecule has 3 rings (SSSR count). The molecule has 1 aromatic heterocycles. The lowest BCUT2D eigenvalue weighted by Gasteiger charge is -2.31. The number of anilines is 2. The summed E-state index contributed by atoms with van der Waals surface area (Å²) in [7, 11) is 0. The molecule has 1 saturated heterocycles. The van der Waals surface area contributed by atoms with Crippen LogP contribution in [-0.4, -0.2) is 37.1 Å². The third kappa shape index (κ3) is 2.81. The Kier molecular flexibility index (Phi) is 3.94. The van der Waals surface area contributed by atoms with Crippen LogP contribution in [0.2, 0.25) is 0 Å². The molecule has 0 bridgehead atoms. The highest BCUT2D eigenvalue weighted by Gasteiger charge is 2.16. The first-order valence-corrected chi connectivity index (χ1v) is 7.53. The zero-order valence-electron chi connectivity index (χ0n) is 11.0. The maximum atomic E-state index is 12.1. The van der Waals surface area contributed by atoms with Crippen molar-refractivity contribution in [3.63, 3.8) is 0 Å². The van der Waals surface area contributed by atoms with Crippen molar-refractivity contribution in [1.29, 1.82) is 0 Å². The predicted octanol–water partition coefficient (Wildman–Crippen LogP) is 1.80. The van der Waals surface area contributed by atoms with Crippen LogP contribution in [0.25, 0.3) is 0 Å². The number of hydrogen-bond acceptors (Lipinski definition) is 5. The van der Waals surface area contributed by atoms with Gasteiger partial charge >= 0.3 is 0 Å². The highest BCUT2D eigenvalue weighted by molar-refractivity contribution is 7.07. The minimum Gasteiger partial charge on any atom is -0.367 e. The topological polar surface area (TPSA) is 57.3 Å². The van der Waals surface area contributed by atoms with Gasteiger partial charge in [-0.15, -0.1) is 11.3 Å². The second-order valence-electron chi connectivity index (χ2n) is 4.58. The normalized spacial score (nSPS) is 15.1. The van der Waals surface area contributed by atoms with Crippen molar-refractivity contribution in [3.05, 3.63) is 40.8 Å². The SMILES string of the molecule is O=C(Nc1ccccc1N1CCNCC1)c1cscn1. The van der Waals surface area contributed by atoms with Crippen molar-refractivity contribution >= 4 is 28.6 Å². The van der Waals surface area contributed by atoms with E-state index in [0.717, 1.165) is 37.6 Å². The third-order valence-corrected chi connectivity index (χ3v) is 3.86. The van der Waals surface area contributed by atoms with E-state index in [9.17, 15) is 4.79 Å². The molecule has 0 unspecified atom stereocenters. The minimum absolute atomic E-state index is 0.158. The molecule has 20 heavy (non-hydrogen) atoms. The van der Waals surface area contributed by atoms with Crippen LogP contribution in [0.3, 0.4) is 0 Å². The average molecular weight is 288 g/mol. The summed E-state index contributed by atoms with van der Waals surface area (Å²) < 4.78 is 0. The van der Waals surface area contributed by atoms with Crippen LogP contribution in [-0.2, 0) is 0 Å². The van der Waals surface area contributed by atoms with Crippen LogP contribution in [0.5, 0.6) is 0 Å². The highest BCUT2D eigenvalue weighted by atomic mass is 32.1. The summed E-state index contributed by atoms with van der Waals surface area (Å²) >= 11 is 1.42. The van der Waals surface area contributed by atoms with E-state index in [1.165, 1.54) is 11.3 Å². The van der Waals surface area contributed by atoms with Crippen LogP contribution >= 0.6 is 11.3 Å². The molecule has 0 spiro atoms. The van der Waals surface area contributed by atoms with Crippen LogP contribution in [0.1, 0.15) is 10.5 Å². The maximum Gasteiger partial charge on any atom is 0.275 e. The van der Waals surface area contributed by atoms with Gasteiger partial charge in [-0.05, 0) is 12.1 Å². The minimum atomic E-state index is -0.158. The first-order valence-electron chi connectivity index (χ1n) is 6.59. The van der Waals surface area contributed by atoms with Crippen molar-refractivity contribution in [2.45, 2.75) is 0 Å². The monoisotopic (exact) mass is 288 g/mol. The molecule has 0 aliphatic carbocycles. The van der Waals surface area contributed by atoms with E-state index in [2.05, 4.69) is 20.5 Å². The van der Waals surface area contributed by atoms with Gasteiger partial charge in [-0.3, -0.25) is 4.79 Å². The number of carbonyl (C=O) groups is 1. The largest absolute Gasteiger partial charge is 0.367 e. The molecule has 1 fully saturated rings. The zero-order chi connectivity index (χ0) is 13.8. The van der Waals surface area contributed by atoms with E-state index in [4.69, 9.17) is 0 Å². The van der Waals surface area contributed by atoms with E-state index in [1.807, 2.05) is 24.3 Å². The molecule has 0 radical (unpaired) electrons. The molecule has 2 aromatic rings. The first kappa shape index (κ1) is 13.1. The molecule has 1 aliphatic rings. The fourth-order valence-electron chi connectivity index (χ4n) is 2.27. The molecule has 1 aliphatic heterocycles. The number of nitrogens with one attached hydrogen (secondary N) is 2. The van der Waals surface area contributed by atoms with Gasteiger partial charge in [0.25, 0.3) is 5.91 Å². The van der Waals surface area contributed by atoms with Gasteiger partial charge in [0, 0.05) is 31.6 Å². The van der Waals surface area contributed by atoms with Crippen molar-refractivity contribution in [1.82, 2.24) is 10.3 Å². The lowest BCUT2D eigenvalue weighted by atomic mass is 10.2. The van der Waals surface area contributed by atoms with Gasteiger partial charge in [0.2, 0.25) is 0 Å². The molecular weight excluding hydrogens is 272 g/mol. The Morgan fingerprint density at radius 3 is 2.85 bits per heavy atom. The Morgan fingerprint density at radius 2 is 2.10 bits per heavy atom. The molecular formula is C14H16N4OS. The fourth-order valence-corrected chi connectivity index (χ4v) is 2.80. The highest BCUT2D eigenvalue weighted by Crippen LogP contribution is 2.26. The standard InChI is InChI=1S/C14H16N4OS/c19-14(12-9-20-10-16-12)17-11-3-1-2-4-13(11)18-7-5-15-6-8-18/h1-4,9-10,15H,5-8H2,(H,17,19). The predicted molar refractivity (Wildman–Crippen MR) is 81.6 cm³/mol. The quantitative estimate of drug-likeness (QED) is 0.904. The number of para-hydroxylation sites is 2. The van der Waals surface area contributed by atoms with E-state index in [-0.39, 0.29) is 5.91 Å². The van der Waals surface area contributed by atoms with Gasteiger partial charge in [0.05, 0.1) is 16.9 Å². The van der Waals surface area contributed by atoms with Gasteiger partial charge in [0.1, 0.15) is 5.69 Å². The fraction of sp³-hybridized carbons (Fsp3) is 0.286. The summed E-state index contributed by atoms with van der Waals surface area (Å²) in [6.45, 7) is 3.83. The molecule has 5 nitrogen and oxygen atoms in total. The van der Waals surface area contributed by atoms with E-state index in [0.29, 0.717) is 5.69 Å². The third-order valence-electron chi connectivity index (χ3n) is 3.27. The van der Waals surface area contributed by atoms with E-state index < -0.39 is 0 Å². The molecule has 1 aromatic carbocycles. The molecule has 2 N–H and O–H groups in total. The van der Waals surface area contributed by atoms with E-state index in [1.54, 1.807) is 10.9 Å². The summed E-state index contributed by atoms with van der Waals surface area (Å²) in [4.78, 5) is 18.4. The van der Waals surface area contributed by atoms with Crippen molar-refractivity contribution in [2.75, 3.05) is 36.4 Å². The maximum absolute atomic E-state index is 12.1. The molecule has 0 atom stereocenters. The molecule has 0 saturated carbocycles. The van der Waals surface area contributed by atoms with Crippen molar-refractivity contribution < 1.29 is 4.79 Å². The number of thiazole rings is 1. The van der Waals surface area contributed by atoms with Crippen LogP contribution < -0.4 is 15.5 Å². The number of carbonyl (C=O) groups excluding carboxylic acids is 1. The summed E-state index contributed by atoms with van der Waals surface area (Å²) in [6.07, 6.45) is 0. The second-order valence-corrected chi connectivity index (χ2v) is 5.30. The van der Waals surface area contributed by atoms with Crippen LogP contribution in [0, 0.1) is 0 Å². The Hall–Kier alpha value is -1.92. The van der Waals surface area contributed by atoms with E-state index >= 15 is 0 Å². The first-order chi connectivity index (χ1) is 9.84. The van der Waals surface area contributed by atoms with Gasteiger partial charge in [-0.25, -0.2) is 4.98 Å². The summed E-state index contributed by atoms with van der Waals surface area (Å²) in [5.74, 6) is -0.158. The zero-order valence-corrected chi connectivity index (χ0v) is 11.8. The van der Waals surface area contributed by atoms with Gasteiger partial charge in [0.15, 0.2) is 0 Å². The smallest absolute Gasteiger partial charge is 0.275 e. The Morgan fingerprint density at radius 1 is 1.30 bits per heavy atom. The number of rotatable bonds is 3. The van der Waals surface area contributed by atoms with Crippen molar-refractivity contribution in [3.8, 4) is 0 Å². The number of piperazine rings is 1. The molecule has 6 heteroatoms. The Labute approximate surface area is 121 Å². The lowest BCUT2D eigenvalue weighted by Crippen LogP contribution is -2.43. The number of hydrogen-bond donors (Lipinski definition) is 2. The average Bonchev–Trinajstić information content (AvgIpc) is 3.03. The number of amides is 1. The van der Waals surface area contributed by atoms with Crippen LogP contribution in [0.15, 0.2) is 35.2 Å². The lowest BCUT2D eigenvalue weighted by molar-refractivity contribution is 0.102.